The van der Waals surface area contributed by atoms with Gasteiger partial charge in [-0.3, -0.25) is 0 Å². The Morgan fingerprint density at radius 2 is 2.23 bits per heavy atom. The van der Waals surface area contributed by atoms with Crippen molar-refractivity contribution in [2.45, 2.75) is 6.42 Å². The van der Waals surface area contributed by atoms with Crippen molar-refractivity contribution in [2.75, 3.05) is 33.7 Å². The third-order valence-corrected chi connectivity index (χ3v) is 3.98. The lowest BCUT2D eigenvalue weighted by molar-refractivity contribution is 0.360. The average Bonchev–Trinajstić information content (AvgIpc) is 2.33. The summed E-state index contributed by atoms with van der Waals surface area (Å²) >= 11 is 0. The molecule has 1 atom stereocenters. The van der Waals surface area contributed by atoms with Gasteiger partial charge in [-0.05, 0) is 25.9 Å². The summed E-state index contributed by atoms with van der Waals surface area (Å²) in [6.07, 6.45) is 1.05. The summed E-state index contributed by atoms with van der Waals surface area (Å²) in [5.74, 6) is 0.420. The smallest absolute Gasteiger partial charge is 0.299 e. The first-order valence-corrected chi connectivity index (χ1v) is 6.50. The standard InChI is InChI=1S/C7H15ClN2O2S/c1-9-4-3-7(5-9)6-10(2)13(8,11)12/h7H,3-6H2,1-2H3. The summed E-state index contributed by atoms with van der Waals surface area (Å²) in [7, 11) is 5.21. The maximum absolute atomic E-state index is 10.9. The molecule has 0 aliphatic carbocycles. The molecule has 1 heterocycles. The van der Waals surface area contributed by atoms with Crippen LogP contribution < -0.4 is 0 Å². The molecule has 1 aliphatic rings. The van der Waals surface area contributed by atoms with Crippen molar-refractivity contribution in [3.8, 4) is 0 Å². The molecular weight excluding hydrogens is 212 g/mol. The highest BCUT2D eigenvalue weighted by atomic mass is 35.7. The van der Waals surface area contributed by atoms with Crippen LogP contribution in [0.2, 0.25) is 0 Å². The van der Waals surface area contributed by atoms with Crippen molar-refractivity contribution < 1.29 is 8.42 Å². The van der Waals surface area contributed by atoms with E-state index in [2.05, 4.69) is 4.90 Å². The van der Waals surface area contributed by atoms with Crippen molar-refractivity contribution in [1.82, 2.24) is 9.21 Å². The van der Waals surface area contributed by atoms with Crippen molar-refractivity contribution in [1.29, 1.82) is 0 Å². The highest BCUT2D eigenvalue weighted by molar-refractivity contribution is 8.11. The quantitative estimate of drug-likeness (QED) is 0.653. The molecule has 0 aromatic carbocycles. The molecule has 1 saturated heterocycles. The Kier molecular flexibility index (Phi) is 3.57. The Bertz CT molecular complexity index is 268. The van der Waals surface area contributed by atoms with Crippen LogP contribution in [0, 0.1) is 5.92 Å². The molecule has 0 aromatic heterocycles. The zero-order chi connectivity index (χ0) is 10.1. The molecule has 0 bridgehead atoms. The Balaban J connectivity index is 2.42. The Labute approximate surface area is 84.0 Å². The van der Waals surface area contributed by atoms with Gasteiger partial charge in [-0.1, -0.05) is 0 Å². The molecular formula is C7H15ClN2O2S. The molecule has 0 amide bonds. The molecule has 1 unspecified atom stereocenters. The topological polar surface area (TPSA) is 40.6 Å². The summed E-state index contributed by atoms with van der Waals surface area (Å²) in [6, 6.07) is 0. The minimum atomic E-state index is -3.52. The minimum absolute atomic E-state index is 0.420. The van der Waals surface area contributed by atoms with E-state index >= 15 is 0 Å². The van der Waals surface area contributed by atoms with Crippen LogP contribution in [-0.4, -0.2) is 51.4 Å². The fraction of sp³-hybridized carbons (Fsp3) is 1.00. The largest absolute Gasteiger partial charge is 0.306 e. The van der Waals surface area contributed by atoms with Gasteiger partial charge in [-0.25, -0.2) is 0 Å². The van der Waals surface area contributed by atoms with E-state index < -0.39 is 9.24 Å². The van der Waals surface area contributed by atoms with E-state index in [4.69, 9.17) is 10.7 Å². The molecule has 78 valence electrons. The highest BCUT2D eigenvalue weighted by Crippen LogP contribution is 2.17. The van der Waals surface area contributed by atoms with Gasteiger partial charge in [0.15, 0.2) is 0 Å². The van der Waals surface area contributed by atoms with Crippen molar-refractivity contribution in [3.05, 3.63) is 0 Å². The van der Waals surface area contributed by atoms with Crippen LogP contribution >= 0.6 is 10.7 Å². The van der Waals surface area contributed by atoms with Crippen LogP contribution in [0.4, 0.5) is 0 Å². The summed E-state index contributed by atoms with van der Waals surface area (Å²) in [5, 5.41) is 0. The van der Waals surface area contributed by atoms with Gasteiger partial charge in [0.05, 0.1) is 0 Å². The predicted octanol–water partition coefficient (Wildman–Crippen LogP) is 0.353. The van der Waals surface area contributed by atoms with E-state index in [1.54, 1.807) is 0 Å². The van der Waals surface area contributed by atoms with Gasteiger partial charge in [-0.15, -0.1) is 0 Å². The summed E-state index contributed by atoms with van der Waals surface area (Å²) < 4.78 is 23.0. The molecule has 0 saturated carbocycles. The first-order valence-electron chi connectivity index (χ1n) is 4.24. The lowest BCUT2D eigenvalue weighted by Crippen LogP contribution is -2.29. The lowest BCUT2D eigenvalue weighted by atomic mass is 10.1. The van der Waals surface area contributed by atoms with Crippen molar-refractivity contribution >= 4 is 19.9 Å². The first kappa shape index (κ1) is 11.2. The first-order chi connectivity index (χ1) is 5.89. The SMILES string of the molecule is CN1CCC(CN(C)S(=O)(=O)Cl)C1. The predicted molar refractivity (Wildman–Crippen MR) is 53.0 cm³/mol. The second-order valence-electron chi connectivity index (χ2n) is 3.64. The second-order valence-corrected chi connectivity index (χ2v) is 6.26. The van der Waals surface area contributed by atoms with Crippen molar-refractivity contribution in [2.24, 2.45) is 5.92 Å². The molecule has 1 aliphatic heterocycles. The van der Waals surface area contributed by atoms with Gasteiger partial charge in [-0.2, -0.15) is 12.7 Å². The lowest BCUT2D eigenvalue weighted by Gasteiger charge is -2.16. The zero-order valence-corrected chi connectivity index (χ0v) is 9.48. The summed E-state index contributed by atoms with van der Waals surface area (Å²) in [6.45, 7) is 2.52. The Morgan fingerprint density at radius 1 is 1.62 bits per heavy atom. The highest BCUT2D eigenvalue weighted by Gasteiger charge is 2.24. The Morgan fingerprint density at radius 3 is 2.62 bits per heavy atom. The van der Waals surface area contributed by atoms with E-state index in [0.29, 0.717) is 12.5 Å². The molecule has 0 N–H and O–H groups in total. The summed E-state index contributed by atoms with van der Waals surface area (Å²) in [4.78, 5) is 2.19. The fourth-order valence-electron chi connectivity index (χ4n) is 1.63. The monoisotopic (exact) mass is 226 g/mol. The molecule has 6 heteroatoms. The third kappa shape index (κ3) is 3.42. The number of rotatable bonds is 3. The van der Waals surface area contributed by atoms with E-state index in [1.807, 2.05) is 7.05 Å². The van der Waals surface area contributed by atoms with Crippen LogP contribution in [0.15, 0.2) is 0 Å². The van der Waals surface area contributed by atoms with Gasteiger partial charge in [0, 0.05) is 30.8 Å². The summed E-state index contributed by atoms with van der Waals surface area (Å²) in [5.41, 5.74) is 0. The number of likely N-dealkylation sites (tertiary alicyclic amines) is 1. The van der Waals surface area contributed by atoms with Gasteiger partial charge in [0.2, 0.25) is 0 Å². The van der Waals surface area contributed by atoms with Crippen LogP contribution in [0.25, 0.3) is 0 Å². The van der Waals surface area contributed by atoms with Gasteiger partial charge < -0.3 is 4.90 Å². The molecule has 0 aromatic rings. The number of nitrogens with zero attached hydrogens (tertiary/aromatic N) is 2. The van der Waals surface area contributed by atoms with Gasteiger partial charge in [0.1, 0.15) is 0 Å². The van der Waals surface area contributed by atoms with E-state index in [9.17, 15) is 8.42 Å². The minimum Gasteiger partial charge on any atom is -0.306 e. The van der Waals surface area contributed by atoms with Crippen molar-refractivity contribution in [3.63, 3.8) is 0 Å². The number of halogens is 1. The molecule has 0 spiro atoms. The van der Waals surface area contributed by atoms with Crippen LogP contribution in [0.5, 0.6) is 0 Å². The number of hydrogen-bond acceptors (Lipinski definition) is 3. The van der Waals surface area contributed by atoms with E-state index in [1.165, 1.54) is 11.4 Å². The van der Waals surface area contributed by atoms with E-state index in [0.717, 1.165) is 19.5 Å². The van der Waals surface area contributed by atoms with Crippen LogP contribution in [0.3, 0.4) is 0 Å². The van der Waals surface area contributed by atoms with Gasteiger partial charge in [0.25, 0.3) is 9.24 Å². The number of hydrogen-bond donors (Lipinski definition) is 0. The normalized spacial score (nSPS) is 25.7. The van der Waals surface area contributed by atoms with Gasteiger partial charge >= 0.3 is 0 Å². The maximum Gasteiger partial charge on any atom is 0.299 e. The van der Waals surface area contributed by atoms with Crippen LogP contribution in [-0.2, 0) is 9.24 Å². The van der Waals surface area contributed by atoms with Crippen LogP contribution in [0.1, 0.15) is 6.42 Å². The third-order valence-electron chi connectivity index (χ3n) is 2.38. The molecule has 13 heavy (non-hydrogen) atoms. The zero-order valence-electron chi connectivity index (χ0n) is 7.90. The maximum atomic E-state index is 10.9. The fourth-order valence-corrected chi connectivity index (χ4v) is 2.19. The average molecular weight is 227 g/mol. The molecule has 0 radical (unpaired) electrons. The molecule has 1 rings (SSSR count). The second kappa shape index (κ2) is 4.13. The molecule has 4 nitrogen and oxygen atoms in total. The molecule has 1 fully saturated rings. The Hall–Kier alpha value is 0.160. The van der Waals surface area contributed by atoms with E-state index in [-0.39, 0.29) is 0 Å².